The molecular weight excluding hydrogens is 176 g/mol. The van der Waals surface area contributed by atoms with Gasteiger partial charge in [0.05, 0.1) is 18.3 Å². The molecule has 0 aromatic carbocycles. The maximum Gasteiger partial charge on any atom is 0.0635 e. The molecular formula is C11H20N2O. The van der Waals surface area contributed by atoms with E-state index in [1.807, 2.05) is 0 Å². The molecule has 3 heteroatoms. The fourth-order valence-electron chi connectivity index (χ4n) is 1.86. The Hall–Kier alpha value is -0.590. The van der Waals surface area contributed by atoms with Crippen LogP contribution in [0.1, 0.15) is 33.1 Å². The van der Waals surface area contributed by atoms with Gasteiger partial charge >= 0.3 is 0 Å². The second-order valence-electron chi connectivity index (χ2n) is 4.13. The molecule has 0 bridgehead atoms. The fourth-order valence-corrected chi connectivity index (χ4v) is 1.86. The lowest BCUT2D eigenvalue weighted by Gasteiger charge is -2.32. The number of piperidine rings is 1. The number of ether oxygens (including phenoxy) is 1. The first-order valence-corrected chi connectivity index (χ1v) is 5.47. The minimum Gasteiger partial charge on any atom is -0.375 e. The Kier molecular flexibility index (Phi) is 4.92. The molecule has 0 aromatic rings. The van der Waals surface area contributed by atoms with Crippen LogP contribution in [0.15, 0.2) is 0 Å². The van der Waals surface area contributed by atoms with Gasteiger partial charge in [-0.2, -0.15) is 5.26 Å². The molecule has 3 nitrogen and oxygen atoms in total. The summed E-state index contributed by atoms with van der Waals surface area (Å²) in [5.74, 6) is 0. The summed E-state index contributed by atoms with van der Waals surface area (Å²) in [6.07, 6.45) is 3.65. The van der Waals surface area contributed by atoms with Gasteiger partial charge in [-0.25, -0.2) is 0 Å². The van der Waals surface area contributed by atoms with Crippen LogP contribution in [-0.4, -0.2) is 36.7 Å². The van der Waals surface area contributed by atoms with Crippen molar-refractivity contribution in [1.29, 1.82) is 5.26 Å². The molecule has 0 atom stereocenters. The maximum absolute atomic E-state index is 8.47. The van der Waals surface area contributed by atoms with Crippen molar-refractivity contribution in [3.63, 3.8) is 0 Å². The quantitative estimate of drug-likeness (QED) is 0.687. The van der Waals surface area contributed by atoms with Crippen LogP contribution in [0.2, 0.25) is 0 Å². The van der Waals surface area contributed by atoms with Crippen LogP contribution in [-0.2, 0) is 4.74 Å². The summed E-state index contributed by atoms with van der Waals surface area (Å²) in [5.41, 5.74) is 0. The van der Waals surface area contributed by atoms with Crippen LogP contribution in [0.5, 0.6) is 0 Å². The van der Waals surface area contributed by atoms with Gasteiger partial charge < -0.3 is 9.64 Å². The first kappa shape index (κ1) is 11.5. The number of hydrogen-bond acceptors (Lipinski definition) is 3. The number of nitrogens with zero attached hydrogens (tertiary/aromatic N) is 2. The Bertz CT molecular complexity index is 190. The van der Waals surface area contributed by atoms with Crippen molar-refractivity contribution in [1.82, 2.24) is 4.90 Å². The van der Waals surface area contributed by atoms with E-state index in [1.165, 1.54) is 0 Å². The van der Waals surface area contributed by atoms with Gasteiger partial charge in [-0.15, -0.1) is 0 Å². The normalized spacial score (nSPS) is 19.9. The fraction of sp³-hybridized carbons (Fsp3) is 0.909. The van der Waals surface area contributed by atoms with E-state index in [0.717, 1.165) is 32.5 Å². The molecule has 0 aromatic heterocycles. The van der Waals surface area contributed by atoms with Crippen molar-refractivity contribution < 1.29 is 4.74 Å². The molecule has 14 heavy (non-hydrogen) atoms. The third kappa shape index (κ3) is 4.08. The van der Waals surface area contributed by atoms with Crippen LogP contribution in [0, 0.1) is 11.3 Å². The highest BCUT2D eigenvalue weighted by Crippen LogP contribution is 2.15. The summed E-state index contributed by atoms with van der Waals surface area (Å²) in [5, 5.41) is 8.47. The van der Waals surface area contributed by atoms with Gasteiger partial charge in [0, 0.05) is 26.1 Å². The maximum atomic E-state index is 8.47. The highest BCUT2D eigenvalue weighted by Gasteiger charge is 2.19. The van der Waals surface area contributed by atoms with Crippen molar-refractivity contribution in [2.45, 2.75) is 45.3 Å². The summed E-state index contributed by atoms with van der Waals surface area (Å²) in [6.45, 7) is 7.26. The van der Waals surface area contributed by atoms with Crippen LogP contribution < -0.4 is 0 Å². The average Bonchev–Trinajstić information content (AvgIpc) is 2.16. The van der Waals surface area contributed by atoms with E-state index >= 15 is 0 Å². The zero-order chi connectivity index (χ0) is 10.4. The molecule has 1 heterocycles. The zero-order valence-corrected chi connectivity index (χ0v) is 9.20. The van der Waals surface area contributed by atoms with Crippen molar-refractivity contribution >= 4 is 0 Å². The molecule has 0 radical (unpaired) electrons. The van der Waals surface area contributed by atoms with Gasteiger partial charge in [0.2, 0.25) is 0 Å². The molecule has 0 unspecified atom stereocenters. The molecule has 1 fully saturated rings. The Balaban J connectivity index is 2.15. The molecule has 0 saturated carbocycles. The predicted molar refractivity (Wildman–Crippen MR) is 55.9 cm³/mol. The monoisotopic (exact) mass is 196 g/mol. The predicted octanol–water partition coefficient (Wildman–Crippen LogP) is 1.79. The van der Waals surface area contributed by atoms with Crippen LogP contribution in [0.3, 0.4) is 0 Å². The van der Waals surface area contributed by atoms with Crippen molar-refractivity contribution in [3.8, 4) is 6.07 Å². The van der Waals surface area contributed by atoms with E-state index in [-0.39, 0.29) is 0 Å². The lowest BCUT2D eigenvalue weighted by atomic mass is 10.1. The van der Waals surface area contributed by atoms with Crippen LogP contribution in [0.25, 0.3) is 0 Å². The standard InChI is InChI=1S/C11H20N2O/c1-10(2)14-11-4-8-13(9-5-11)7-3-6-12/h10-11H,3-5,7-9H2,1-2H3. The number of rotatable bonds is 4. The van der Waals surface area contributed by atoms with E-state index in [1.54, 1.807) is 0 Å². The number of likely N-dealkylation sites (tertiary alicyclic amines) is 1. The molecule has 0 amide bonds. The minimum atomic E-state index is 0.339. The minimum absolute atomic E-state index is 0.339. The molecule has 1 saturated heterocycles. The van der Waals surface area contributed by atoms with Gasteiger partial charge in [0.1, 0.15) is 0 Å². The molecule has 1 aliphatic heterocycles. The van der Waals surface area contributed by atoms with Crippen molar-refractivity contribution in [2.75, 3.05) is 19.6 Å². The third-order valence-electron chi connectivity index (χ3n) is 2.54. The van der Waals surface area contributed by atoms with Crippen LogP contribution in [0.4, 0.5) is 0 Å². The molecule has 0 spiro atoms. The van der Waals surface area contributed by atoms with Crippen molar-refractivity contribution in [3.05, 3.63) is 0 Å². The summed E-state index contributed by atoms with van der Waals surface area (Å²) in [7, 11) is 0. The Morgan fingerprint density at radius 3 is 2.57 bits per heavy atom. The largest absolute Gasteiger partial charge is 0.375 e. The van der Waals surface area contributed by atoms with Gasteiger partial charge in [-0.1, -0.05) is 0 Å². The van der Waals surface area contributed by atoms with Gasteiger partial charge in [0.25, 0.3) is 0 Å². The van der Waals surface area contributed by atoms with Gasteiger partial charge in [-0.05, 0) is 26.7 Å². The summed E-state index contributed by atoms with van der Waals surface area (Å²) in [4.78, 5) is 2.35. The van der Waals surface area contributed by atoms with Gasteiger partial charge in [-0.3, -0.25) is 0 Å². The zero-order valence-electron chi connectivity index (χ0n) is 9.20. The lowest BCUT2D eigenvalue weighted by molar-refractivity contribution is -0.0264. The highest BCUT2D eigenvalue weighted by atomic mass is 16.5. The number of nitriles is 1. The first-order chi connectivity index (χ1) is 6.72. The first-order valence-electron chi connectivity index (χ1n) is 5.47. The topological polar surface area (TPSA) is 36.3 Å². The van der Waals surface area contributed by atoms with Gasteiger partial charge in [0.15, 0.2) is 0 Å². The lowest BCUT2D eigenvalue weighted by Crippen LogP contribution is -2.38. The van der Waals surface area contributed by atoms with E-state index in [2.05, 4.69) is 24.8 Å². The molecule has 1 aliphatic rings. The molecule has 1 rings (SSSR count). The summed E-state index contributed by atoms with van der Waals surface area (Å²) < 4.78 is 5.75. The average molecular weight is 196 g/mol. The Morgan fingerprint density at radius 2 is 2.07 bits per heavy atom. The molecule has 80 valence electrons. The van der Waals surface area contributed by atoms with Crippen LogP contribution >= 0.6 is 0 Å². The second-order valence-corrected chi connectivity index (χ2v) is 4.13. The van der Waals surface area contributed by atoms with E-state index in [0.29, 0.717) is 18.6 Å². The summed E-state index contributed by atoms with van der Waals surface area (Å²) in [6, 6.07) is 2.19. The highest BCUT2D eigenvalue weighted by molar-refractivity contribution is 4.77. The van der Waals surface area contributed by atoms with E-state index in [9.17, 15) is 0 Å². The third-order valence-corrected chi connectivity index (χ3v) is 2.54. The smallest absolute Gasteiger partial charge is 0.0635 e. The SMILES string of the molecule is CC(C)OC1CCN(CCC#N)CC1. The Labute approximate surface area is 86.6 Å². The molecule has 0 aliphatic carbocycles. The van der Waals surface area contributed by atoms with Crippen molar-refractivity contribution in [2.24, 2.45) is 0 Å². The molecule has 0 N–H and O–H groups in total. The Morgan fingerprint density at radius 1 is 1.43 bits per heavy atom. The summed E-state index contributed by atoms with van der Waals surface area (Å²) >= 11 is 0. The van der Waals surface area contributed by atoms with E-state index in [4.69, 9.17) is 10.00 Å². The van der Waals surface area contributed by atoms with E-state index < -0.39 is 0 Å². The number of hydrogen-bond donors (Lipinski definition) is 0. The second kappa shape index (κ2) is 6.00.